The molecule has 0 aromatic heterocycles. The molecular weight excluding hydrogens is 459 g/mol. The Morgan fingerprint density at radius 3 is 2.29 bits per heavy atom. The van der Waals surface area contributed by atoms with E-state index < -0.39 is 15.8 Å². The molecule has 1 N–H and O–H groups in total. The van der Waals surface area contributed by atoms with Gasteiger partial charge in [0.25, 0.3) is 5.91 Å². The fourth-order valence-electron chi connectivity index (χ4n) is 3.50. The molecule has 34 heavy (non-hydrogen) atoms. The average Bonchev–Trinajstić information content (AvgIpc) is 2.82. The summed E-state index contributed by atoms with van der Waals surface area (Å²) in [5, 5.41) is 2.91. The van der Waals surface area contributed by atoms with Crippen LogP contribution in [0.15, 0.2) is 66.7 Å². The smallest absolute Gasteiger partial charge is 0.251 e. The van der Waals surface area contributed by atoms with Gasteiger partial charge < -0.3 is 14.8 Å². The highest BCUT2D eigenvalue weighted by Gasteiger charge is 2.21. The highest BCUT2D eigenvalue weighted by atomic mass is 32.2. The number of methoxy groups -OCH3 is 2. The van der Waals surface area contributed by atoms with Crippen LogP contribution in [0.4, 0.5) is 10.1 Å². The predicted molar refractivity (Wildman–Crippen MR) is 129 cm³/mol. The van der Waals surface area contributed by atoms with E-state index in [0.29, 0.717) is 22.7 Å². The van der Waals surface area contributed by atoms with Crippen LogP contribution in [0.1, 0.15) is 34.5 Å². The van der Waals surface area contributed by atoms with E-state index in [4.69, 9.17) is 9.47 Å². The van der Waals surface area contributed by atoms with Crippen LogP contribution in [0.25, 0.3) is 0 Å². The standard InChI is InChI=1S/C25H27FN2O5S/c1-17(22-15-21(32-2)13-14-24(22)33-3)27-25(29)18-9-11-20(12-10-18)28(34(4,30)31)16-19-7-5-6-8-23(19)26/h5-15,17H,16H2,1-4H3,(H,27,29)/t17-/m0/s1. The predicted octanol–water partition coefficient (Wildman–Crippen LogP) is 4.30. The van der Waals surface area contributed by atoms with E-state index in [1.807, 2.05) is 6.92 Å². The van der Waals surface area contributed by atoms with E-state index in [9.17, 15) is 17.6 Å². The number of benzene rings is 3. The molecular formula is C25H27FN2O5S. The van der Waals surface area contributed by atoms with E-state index in [2.05, 4.69) is 5.32 Å². The van der Waals surface area contributed by atoms with Crippen molar-refractivity contribution in [2.24, 2.45) is 0 Å². The first kappa shape index (κ1) is 25.0. The molecule has 1 atom stereocenters. The molecule has 0 aliphatic rings. The van der Waals surface area contributed by atoms with Crippen molar-refractivity contribution >= 4 is 21.6 Å². The zero-order valence-electron chi connectivity index (χ0n) is 19.4. The third-order valence-electron chi connectivity index (χ3n) is 5.34. The molecule has 3 aromatic rings. The Labute approximate surface area is 199 Å². The topological polar surface area (TPSA) is 84.9 Å². The lowest BCUT2D eigenvalue weighted by Gasteiger charge is -2.23. The first-order valence-corrected chi connectivity index (χ1v) is 12.3. The minimum absolute atomic E-state index is 0.163. The summed E-state index contributed by atoms with van der Waals surface area (Å²) >= 11 is 0. The van der Waals surface area contributed by atoms with Gasteiger partial charge in [0, 0.05) is 16.7 Å². The Hall–Kier alpha value is -3.59. The number of amides is 1. The van der Waals surface area contributed by atoms with Crippen LogP contribution < -0.4 is 19.1 Å². The highest BCUT2D eigenvalue weighted by molar-refractivity contribution is 7.92. The number of carbonyl (C=O) groups is 1. The van der Waals surface area contributed by atoms with Crippen molar-refractivity contribution in [1.82, 2.24) is 5.32 Å². The van der Waals surface area contributed by atoms with Crippen molar-refractivity contribution in [1.29, 1.82) is 0 Å². The Bertz CT molecular complexity index is 1260. The minimum atomic E-state index is -3.70. The second kappa shape index (κ2) is 10.6. The van der Waals surface area contributed by atoms with Crippen molar-refractivity contribution in [2.75, 3.05) is 24.8 Å². The third-order valence-corrected chi connectivity index (χ3v) is 6.48. The molecule has 3 rings (SSSR count). The number of nitrogens with one attached hydrogen (secondary N) is 1. The molecule has 0 bridgehead atoms. The fraction of sp³-hybridized carbons (Fsp3) is 0.240. The maximum atomic E-state index is 14.1. The monoisotopic (exact) mass is 486 g/mol. The molecule has 0 spiro atoms. The first-order chi connectivity index (χ1) is 16.1. The van der Waals surface area contributed by atoms with E-state index in [0.717, 1.165) is 16.1 Å². The molecule has 0 fully saturated rings. The number of halogens is 1. The largest absolute Gasteiger partial charge is 0.497 e. The lowest BCUT2D eigenvalue weighted by atomic mass is 10.1. The van der Waals surface area contributed by atoms with Gasteiger partial charge in [-0.3, -0.25) is 9.10 Å². The Morgan fingerprint density at radius 2 is 1.71 bits per heavy atom. The van der Waals surface area contributed by atoms with E-state index in [1.165, 1.54) is 36.4 Å². The van der Waals surface area contributed by atoms with E-state index in [-0.39, 0.29) is 24.1 Å². The number of anilines is 1. The van der Waals surface area contributed by atoms with Crippen LogP contribution in [-0.2, 0) is 16.6 Å². The van der Waals surface area contributed by atoms with Crippen molar-refractivity contribution < 1.29 is 27.1 Å². The molecule has 0 aliphatic carbocycles. The van der Waals surface area contributed by atoms with Crippen molar-refractivity contribution in [3.63, 3.8) is 0 Å². The fourth-order valence-corrected chi connectivity index (χ4v) is 4.37. The first-order valence-electron chi connectivity index (χ1n) is 10.5. The maximum absolute atomic E-state index is 14.1. The Kier molecular flexibility index (Phi) is 7.78. The molecule has 0 saturated carbocycles. The van der Waals surface area contributed by atoms with Gasteiger partial charge in [-0.15, -0.1) is 0 Å². The quantitative estimate of drug-likeness (QED) is 0.488. The summed E-state index contributed by atoms with van der Waals surface area (Å²) in [7, 11) is -0.588. The lowest BCUT2D eigenvalue weighted by Crippen LogP contribution is -2.30. The van der Waals surface area contributed by atoms with Crippen molar-refractivity contribution in [2.45, 2.75) is 19.5 Å². The Morgan fingerprint density at radius 1 is 1.03 bits per heavy atom. The highest BCUT2D eigenvalue weighted by Crippen LogP contribution is 2.29. The summed E-state index contributed by atoms with van der Waals surface area (Å²) in [4.78, 5) is 12.8. The summed E-state index contributed by atoms with van der Waals surface area (Å²) in [6, 6.07) is 17.0. The van der Waals surface area contributed by atoms with Crippen LogP contribution in [0.3, 0.4) is 0 Å². The molecule has 180 valence electrons. The number of hydrogen-bond donors (Lipinski definition) is 1. The number of hydrogen-bond acceptors (Lipinski definition) is 5. The lowest BCUT2D eigenvalue weighted by molar-refractivity contribution is 0.0939. The molecule has 7 nitrogen and oxygen atoms in total. The molecule has 9 heteroatoms. The van der Waals surface area contributed by atoms with Gasteiger partial charge in [0.15, 0.2) is 0 Å². The number of rotatable bonds is 9. The summed E-state index contributed by atoms with van der Waals surface area (Å²) in [6.07, 6.45) is 1.05. The zero-order chi connectivity index (χ0) is 24.9. The number of nitrogens with zero attached hydrogens (tertiary/aromatic N) is 1. The van der Waals surface area contributed by atoms with Gasteiger partial charge in [0.1, 0.15) is 17.3 Å². The van der Waals surface area contributed by atoms with Gasteiger partial charge in [0.2, 0.25) is 10.0 Å². The van der Waals surface area contributed by atoms with Crippen LogP contribution in [0.2, 0.25) is 0 Å². The second-order valence-electron chi connectivity index (χ2n) is 7.71. The van der Waals surface area contributed by atoms with Gasteiger partial charge in [-0.05, 0) is 55.5 Å². The molecule has 0 unspecified atom stereocenters. The number of sulfonamides is 1. The van der Waals surface area contributed by atoms with Gasteiger partial charge in [-0.2, -0.15) is 0 Å². The van der Waals surface area contributed by atoms with Gasteiger partial charge in [-0.1, -0.05) is 18.2 Å². The van der Waals surface area contributed by atoms with Crippen molar-refractivity contribution in [3.05, 3.63) is 89.2 Å². The third kappa shape index (κ3) is 5.85. The summed E-state index contributed by atoms with van der Waals surface area (Å²) in [5.41, 5.74) is 1.66. The summed E-state index contributed by atoms with van der Waals surface area (Å²) in [6.45, 7) is 1.66. The molecule has 0 heterocycles. The van der Waals surface area contributed by atoms with Crippen LogP contribution in [-0.4, -0.2) is 34.8 Å². The second-order valence-corrected chi connectivity index (χ2v) is 9.62. The van der Waals surface area contributed by atoms with Crippen molar-refractivity contribution in [3.8, 4) is 11.5 Å². The Balaban J connectivity index is 1.80. The van der Waals surface area contributed by atoms with Crippen LogP contribution in [0, 0.1) is 5.82 Å². The van der Waals surface area contributed by atoms with E-state index in [1.54, 1.807) is 44.6 Å². The molecule has 0 radical (unpaired) electrons. The number of carbonyl (C=O) groups excluding carboxylic acids is 1. The summed E-state index contributed by atoms with van der Waals surface area (Å²) < 4.78 is 50.6. The van der Waals surface area contributed by atoms with Crippen LogP contribution >= 0.6 is 0 Å². The minimum Gasteiger partial charge on any atom is -0.497 e. The van der Waals surface area contributed by atoms with Gasteiger partial charge >= 0.3 is 0 Å². The maximum Gasteiger partial charge on any atom is 0.251 e. The van der Waals surface area contributed by atoms with Gasteiger partial charge in [0.05, 0.1) is 38.7 Å². The molecule has 3 aromatic carbocycles. The molecule has 1 amide bonds. The van der Waals surface area contributed by atoms with E-state index >= 15 is 0 Å². The summed E-state index contributed by atoms with van der Waals surface area (Å²) in [5.74, 6) is 0.413. The van der Waals surface area contributed by atoms with Gasteiger partial charge in [-0.25, -0.2) is 12.8 Å². The zero-order valence-corrected chi connectivity index (χ0v) is 20.2. The SMILES string of the molecule is COc1ccc(OC)c([C@H](C)NC(=O)c2ccc(N(Cc3ccccc3F)S(C)(=O)=O)cc2)c1. The molecule has 0 saturated heterocycles. The normalized spacial score (nSPS) is 12.0. The van der Waals surface area contributed by atoms with Crippen LogP contribution in [0.5, 0.6) is 11.5 Å². The molecule has 0 aliphatic heterocycles. The number of ether oxygens (including phenoxy) is 2. The average molecular weight is 487 g/mol.